The first-order valence-electron chi connectivity index (χ1n) is 9.90. The van der Waals surface area contributed by atoms with E-state index < -0.39 is 0 Å². The lowest BCUT2D eigenvalue weighted by Crippen LogP contribution is -2.61. The number of fused-ring (bicyclic) bond motifs is 5. The lowest BCUT2D eigenvalue weighted by molar-refractivity contribution is -0.156. The van der Waals surface area contributed by atoms with E-state index in [0.29, 0.717) is 22.8 Å². The summed E-state index contributed by atoms with van der Waals surface area (Å²) in [7, 11) is 2.05. The molecule has 1 heterocycles. The molecule has 4 fully saturated rings. The maximum atomic E-state index is 12.2. The van der Waals surface area contributed by atoms with Crippen molar-refractivity contribution in [2.75, 3.05) is 7.05 Å². The quantitative estimate of drug-likeness (QED) is 0.576. The first-order valence-corrected chi connectivity index (χ1v) is 10.3. The lowest BCUT2D eigenvalue weighted by atomic mass is 9.47. The largest absolute Gasteiger partial charge is 0.342 e. The SMILES string of the molecule is C/C(Cl)=C1/CC[C@H]2[C@@H]3CC[C@H]4N(C)C(=O)CC[C@]4(C)[C@H]3CC[C@]12C. The van der Waals surface area contributed by atoms with Gasteiger partial charge in [-0.25, -0.2) is 0 Å². The van der Waals surface area contributed by atoms with Crippen molar-refractivity contribution in [2.24, 2.45) is 28.6 Å². The molecule has 0 aromatic carbocycles. The summed E-state index contributed by atoms with van der Waals surface area (Å²) in [4.78, 5) is 14.3. The first-order chi connectivity index (χ1) is 11.3. The van der Waals surface area contributed by atoms with Gasteiger partial charge in [0.25, 0.3) is 0 Å². The highest BCUT2D eigenvalue weighted by molar-refractivity contribution is 6.29. The van der Waals surface area contributed by atoms with Crippen molar-refractivity contribution in [3.63, 3.8) is 0 Å². The van der Waals surface area contributed by atoms with Crippen LogP contribution in [-0.4, -0.2) is 23.9 Å². The number of carbonyl (C=O) groups is 1. The van der Waals surface area contributed by atoms with E-state index >= 15 is 0 Å². The standard InChI is InChI=1S/C21H32ClNO/c1-13(22)15-6-7-16-14-5-8-18-21(3,12-10-19(24)23(18)4)17(14)9-11-20(15,16)2/h14,16-18H,5-12H2,1-4H3/b15-13+/t14-,16-,17-,18+,20+,21+/m0/s1. The van der Waals surface area contributed by atoms with E-state index in [2.05, 4.69) is 25.7 Å². The molecular formula is C21H32ClNO. The fourth-order valence-electron chi connectivity index (χ4n) is 7.53. The molecule has 0 aromatic heterocycles. The van der Waals surface area contributed by atoms with Gasteiger partial charge in [0.2, 0.25) is 5.91 Å². The third-order valence-electron chi connectivity index (χ3n) is 8.76. The van der Waals surface area contributed by atoms with E-state index in [0.717, 1.165) is 35.6 Å². The molecule has 6 atom stereocenters. The van der Waals surface area contributed by atoms with Crippen molar-refractivity contribution in [3.8, 4) is 0 Å². The van der Waals surface area contributed by atoms with Crippen LogP contribution in [0.2, 0.25) is 0 Å². The van der Waals surface area contributed by atoms with Crippen LogP contribution in [0, 0.1) is 28.6 Å². The summed E-state index contributed by atoms with van der Waals surface area (Å²) < 4.78 is 0. The molecule has 2 nitrogen and oxygen atoms in total. The van der Waals surface area contributed by atoms with Gasteiger partial charge < -0.3 is 4.90 Å². The number of likely N-dealkylation sites (tertiary alicyclic amines) is 1. The van der Waals surface area contributed by atoms with Crippen molar-refractivity contribution in [3.05, 3.63) is 10.6 Å². The van der Waals surface area contributed by atoms with Crippen LogP contribution in [0.5, 0.6) is 0 Å². The van der Waals surface area contributed by atoms with Crippen molar-refractivity contribution >= 4 is 17.5 Å². The molecule has 0 N–H and O–H groups in total. The predicted molar refractivity (Wildman–Crippen MR) is 98.7 cm³/mol. The molecule has 0 spiro atoms. The van der Waals surface area contributed by atoms with E-state index in [9.17, 15) is 4.79 Å². The normalized spacial score (nSPS) is 50.2. The van der Waals surface area contributed by atoms with Gasteiger partial charge in [-0.05, 0) is 86.0 Å². The zero-order valence-corrected chi connectivity index (χ0v) is 16.5. The summed E-state index contributed by atoms with van der Waals surface area (Å²) in [5.41, 5.74) is 2.22. The van der Waals surface area contributed by atoms with E-state index in [1.54, 1.807) is 5.57 Å². The molecule has 0 bridgehead atoms. The van der Waals surface area contributed by atoms with Crippen LogP contribution in [0.15, 0.2) is 10.6 Å². The van der Waals surface area contributed by atoms with E-state index in [-0.39, 0.29) is 0 Å². The second kappa shape index (κ2) is 5.50. The Hall–Kier alpha value is -0.500. The van der Waals surface area contributed by atoms with E-state index in [1.807, 2.05) is 7.05 Å². The Kier molecular flexibility index (Phi) is 3.88. The Balaban J connectivity index is 1.67. The van der Waals surface area contributed by atoms with Gasteiger partial charge in [-0.3, -0.25) is 4.79 Å². The molecule has 3 aliphatic carbocycles. The predicted octanol–water partition coefficient (Wildman–Crippen LogP) is 5.36. The van der Waals surface area contributed by atoms with E-state index in [4.69, 9.17) is 11.6 Å². The maximum absolute atomic E-state index is 12.2. The number of hydrogen-bond donors (Lipinski definition) is 0. The smallest absolute Gasteiger partial charge is 0.222 e. The molecule has 1 saturated heterocycles. The number of hydrogen-bond acceptors (Lipinski definition) is 1. The van der Waals surface area contributed by atoms with Crippen LogP contribution in [0.4, 0.5) is 0 Å². The lowest BCUT2D eigenvalue weighted by Gasteiger charge is -2.61. The zero-order chi connectivity index (χ0) is 17.3. The highest BCUT2D eigenvalue weighted by Crippen LogP contribution is 2.66. The molecule has 24 heavy (non-hydrogen) atoms. The Morgan fingerprint density at radius 1 is 1.08 bits per heavy atom. The molecule has 3 saturated carbocycles. The molecule has 3 heteroatoms. The minimum Gasteiger partial charge on any atom is -0.342 e. The van der Waals surface area contributed by atoms with Crippen molar-refractivity contribution in [1.29, 1.82) is 0 Å². The Morgan fingerprint density at radius 2 is 1.83 bits per heavy atom. The third kappa shape index (κ3) is 2.11. The van der Waals surface area contributed by atoms with Gasteiger partial charge >= 0.3 is 0 Å². The van der Waals surface area contributed by atoms with E-state index in [1.165, 1.54) is 38.5 Å². The second-order valence-electron chi connectivity index (χ2n) is 9.49. The topological polar surface area (TPSA) is 20.3 Å². The molecule has 0 aromatic rings. The van der Waals surface area contributed by atoms with Crippen LogP contribution in [0.1, 0.15) is 72.1 Å². The van der Waals surface area contributed by atoms with Crippen LogP contribution in [-0.2, 0) is 4.79 Å². The Morgan fingerprint density at radius 3 is 2.54 bits per heavy atom. The number of halogens is 1. The molecule has 134 valence electrons. The summed E-state index contributed by atoms with van der Waals surface area (Å²) in [6.45, 7) is 7.09. The van der Waals surface area contributed by atoms with Crippen molar-refractivity contribution < 1.29 is 4.79 Å². The summed E-state index contributed by atoms with van der Waals surface area (Å²) in [5, 5.41) is 1.06. The Bertz CT molecular complexity index is 595. The fraction of sp³-hybridized carbons (Fsp3) is 0.857. The summed E-state index contributed by atoms with van der Waals surface area (Å²) in [6.07, 6.45) is 9.50. The van der Waals surface area contributed by atoms with Crippen LogP contribution in [0.25, 0.3) is 0 Å². The fourth-order valence-corrected chi connectivity index (χ4v) is 7.84. The van der Waals surface area contributed by atoms with Gasteiger partial charge in [0.1, 0.15) is 0 Å². The summed E-state index contributed by atoms with van der Waals surface area (Å²) >= 11 is 6.48. The maximum Gasteiger partial charge on any atom is 0.222 e. The minimum absolute atomic E-state index is 0.329. The Labute approximate surface area is 152 Å². The minimum atomic E-state index is 0.329. The molecular weight excluding hydrogens is 318 g/mol. The molecule has 4 aliphatic rings. The van der Waals surface area contributed by atoms with Crippen molar-refractivity contribution in [2.45, 2.75) is 78.2 Å². The van der Waals surface area contributed by atoms with Gasteiger partial charge in [-0.15, -0.1) is 0 Å². The van der Waals surface area contributed by atoms with Crippen LogP contribution >= 0.6 is 11.6 Å². The number of nitrogens with zero attached hydrogens (tertiary/aromatic N) is 1. The molecule has 1 aliphatic heterocycles. The first kappa shape index (κ1) is 16.9. The number of allylic oxidation sites excluding steroid dienone is 2. The average Bonchev–Trinajstić information content (AvgIpc) is 2.89. The molecule has 0 unspecified atom stereocenters. The molecule has 1 amide bonds. The highest BCUT2D eigenvalue weighted by Gasteiger charge is 2.60. The van der Waals surface area contributed by atoms with Gasteiger partial charge in [-0.2, -0.15) is 0 Å². The van der Waals surface area contributed by atoms with Gasteiger partial charge in [0.05, 0.1) is 0 Å². The van der Waals surface area contributed by atoms with Gasteiger partial charge in [0.15, 0.2) is 0 Å². The van der Waals surface area contributed by atoms with Gasteiger partial charge in [0, 0.05) is 24.5 Å². The van der Waals surface area contributed by atoms with Crippen LogP contribution < -0.4 is 0 Å². The number of carbonyl (C=O) groups excluding carboxylic acids is 1. The molecule has 4 rings (SSSR count). The monoisotopic (exact) mass is 349 g/mol. The number of amides is 1. The zero-order valence-electron chi connectivity index (χ0n) is 15.7. The van der Waals surface area contributed by atoms with Gasteiger partial charge in [-0.1, -0.05) is 25.4 Å². The average molecular weight is 350 g/mol. The summed E-state index contributed by atoms with van der Waals surface area (Å²) in [5.74, 6) is 2.79. The van der Waals surface area contributed by atoms with Crippen LogP contribution in [0.3, 0.4) is 0 Å². The van der Waals surface area contributed by atoms with Crippen molar-refractivity contribution in [1.82, 2.24) is 4.90 Å². The number of rotatable bonds is 0. The highest BCUT2D eigenvalue weighted by atomic mass is 35.5. The summed E-state index contributed by atoms with van der Waals surface area (Å²) in [6, 6.07) is 0.468. The number of piperidine rings is 1. The third-order valence-corrected chi connectivity index (χ3v) is 8.99. The molecule has 0 radical (unpaired) electrons. The second-order valence-corrected chi connectivity index (χ2v) is 10.1.